The van der Waals surface area contributed by atoms with E-state index in [1.807, 2.05) is 18.2 Å². The third kappa shape index (κ3) is 3.71. The van der Waals surface area contributed by atoms with Gasteiger partial charge in [0.2, 0.25) is 6.79 Å². The topological polar surface area (TPSA) is 85.3 Å². The van der Waals surface area contributed by atoms with Gasteiger partial charge in [-0.3, -0.25) is 9.59 Å². The molecule has 1 amide bonds. The molecule has 1 atom stereocenters. The molecule has 2 aliphatic heterocycles. The lowest BCUT2D eigenvalue weighted by molar-refractivity contribution is -0.139. The van der Waals surface area contributed by atoms with Gasteiger partial charge in [0.05, 0.1) is 18.7 Å². The smallest absolute Gasteiger partial charge is 0.295 e. The lowest BCUT2D eigenvalue weighted by atomic mass is 9.94. The van der Waals surface area contributed by atoms with Crippen LogP contribution in [0, 0.1) is 0 Å². The number of amides is 1. The summed E-state index contributed by atoms with van der Waals surface area (Å²) in [6.07, 6.45) is 2.68. The monoisotopic (exact) mass is 423 g/mol. The van der Waals surface area contributed by atoms with E-state index in [9.17, 15) is 14.7 Å². The molecule has 1 N–H and O–H groups in total. The zero-order valence-electron chi connectivity index (χ0n) is 17.6. The zero-order valence-corrected chi connectivity index (χ0v) is 17.6. The van der Waals surface area contributed by atoms with E-state index in [1.165, 1.54) is 4.90 Å². The second-order valence-electron chi connectivity index (χ2n) is 7.51. The van der Waals surface area contributed by atoms with Crippen molar-refractivity contribution in [3.05, 3.63) is 59.2 Å². The number of hydrogen-bond donors (Lipinski definition) is 1. The van der Waals surface area contributed by atoms with Crippen LogP contribution in [0.5, 0.6) is 17.2 Å². The van der Waals surface area contributed by atoms with Crippen molar-refractivity contribution in [3.63, 3.8) is 0 Å². The van der Waals surface area contributed by atoms with Crippen molar-refractivity contribution in [2.45, 2.75) is 32.2 Å². The van der Waals surface area contributed by atoms with Crippen LogP contribution in [0.2, 0.25) is 0 Å². The minimum absolute atomic E-state index is 0.0462. The molecule has 2 aromatic rings. The van der Waals surface area contributed by atoms with Crippen molar-refractivity contribution in [3.8, 4) is 17.2 Å². The first-order valence-electron chi connectivity index (χ1n) is 10.4. The molecule has 0 saturated carbocycles. The van der Waals surface area contributed by atoms with Gasteiger partial charge in [0.1, 0.15) is 11.5 Å². The van der Waals surface area contributed by atoms with Crippen LogP contribution < -0.4 is 14.2 Å². The average molecular weight is 423 g/mol. The van der Waals surface area contributed by atoms with Crippen molar-refractivity contribution < 1.29 is 28.9 Å². The van der Waals surface area contributed by atoms with E-state index in [1.54, 1.807) is 31.4 Å². The molecule has 1 unspecified atom stereocenters. The maximum Gasteiger partial charge on any atom is 0.295 e. The summed E-state index contributed by atoms with van der Waals surface area (Å²) in [5.41, 5.74) is 1.09. The zero-order chi connectivity index (χ0) is 22.0. The van der Waals surface area contributed by atoms with Gasteiger partial charge in [0.25, 0.3) is 11.7 Å². The Bertz CT molecular complexity index is 1040. The van der Waals surface area contributed by atoms with Gasteiger partial charge in [-0.15, -0.1) is 0 Å². The van der Waals surface area contributed by atoms with E-state index < -0.39 is 17.7 Å². The SMILES string of the molecule is CCCCCN1C(=O)C(=O)/C(=C(/O)c2ccc3c(c2)OCO3)C1c1ccccc1OC. The van der Waals surface area contributed by atoms with E-state index in [0.717, 1.165) is 19.3 Å². The van der Waals surface area contributed by atoms with Gasteiger partial charge in [-0.2, -0.15) is 0 Å². The van der Waals surface area contributed by atoms with Crippen LogP contribution in [0.25, 0.3) is 5.76 Å². The lowest BCUT2D eigenvalue weighted by Crippen LogP contribution is -2.30. The van der Waals surface area contributed by atoms with Crippen LogP contribution in [0.1, 0.15) is 43.4 Å². The minimum atomic E-state index is -0.738. The molecular formula is C24H25NO6. The van der Waals surface area contributed by atoms with Gasteiger partial charge < -0.3 is 24.2 Å². The second kappa shape index (κ2) is 8.71. The summed E-state index contributed by atoms with van der Waals surface area (Å²) in [5.74, 6) is 0.0295. The third-order valence-corrected chi connectivity index (χ3v) is 5.62. The number of likely N-dealkylation sites (tertiary alicyclic amines) is 1. The van der Waals surface area contributed by atoms with Crippen molar-refractivity contribution >= 4 is 17.4 Å². The Morgan fingerprint density at radius 3 is 2.68 bits per heavy atom. The summed E-state index contributed by atoms with van der Waals surface area (Å²) < 4.78 is 16.2. The lowest BCUT2D eigenvalue weighted by Gasteiger charge is -2.26. The number of rotatable bonds is 7. The van der Waals surface area contributed by atoms with Crippen molar-refractivity contribution in [2.75, 3.05) is 20.4 Å². The first-order valence-corrected chi connectivity index (χ1v) is 10.4. The van der Waals surface area contributed by atoms with E-state index >= 15 is 0 Å². The average Bonchev–Trinajstić information content (AvgIpc) is 3.36. The number of aliphatic hydroxyl groups excluding tert-OH is 1. The van der Waals surface area contributed by atoms with Crippen LogP contribution in [-0.2, 0) is 9.59 Å². The molecule has 1 saturated heterocycles. The summed E-state index contributed by atoms with van der Waals surface area (Å²) in [7, 11) is 1.54. The van der Waals surface area contributed by atoms with Gasteiger partial charge in [0, 0.05) is 17.7 Å². The number of ketones is 1. The molecule has 0 spiro atoms. The molecule has 0 aromatic heterocycles. The van der Waals surface area contributed by atoms with Crippen molar-refractivity contribution in [2.24, 2.45) is 0 Å². The number of benzene rings is 2. The fourth-order valence-electron chi connectivity index (χ4n) is 4.06. The van der Waals surface area contributed by atoms with Crippen LogP contribution in [0.4, 0.5) is 0 Å². The van der Waals surface area contributed by atoms with Crippen LogP contribution >= 0.6 is 0 Å². The summed E-state index contributed by atoms with van der Waals surface area (Å²) >= 11 is 0. The standard InChI is InChI=1S/C24H25NO6/c1-3-4-7-12-25-21(16-8-5-6-9-17(16)29-2)20(23(27)24(25)28)22(26)15-10-11-18-19(13-15)31-14-30-18/h5-6,8-11,13,21,26H,3-4,7,12,14H2,1-2H3/b22-20+. The molecule has 0 radical (unpaired) electrons. The summed E-state index contributed by atoms with van der Waals surface area (Å²) in [6, 6.07) is 11.4. The highest BCUT2D eigenvalue weighted by atomic mass is 16.7. The van der Waals surface area contributed by atoms with Crippen LogP contribution in [0.3, 0.4) is 0 Å². The maximum absolute atomic E-state index is 13.1. The van der Waals surface area contributed by atoms with Crippen LogP contribution in [0.15, 0.2) is 48.0 Å². The number of methoxy groups -OCH3 is 1. The van der Waals surface area contributed by atoms with E-state index in [0.29, 0.717) is 34.9 Å². The van der Waals surface area contributed by atoms with Crippen molar-refractivity contribution in [1.29, 1.82) is 0 Å². The number of unbranched alkanes of at least 4 members (excludes halogenated alkanes) is 2. The molecule has 0 aliphatic carbocycles. The Kier molecular flexibility index (Phi) is 5.84. The van der Waals surface area contributed by atoms with E-state index in [-0.39, 0.29) is 18.1 Å². The second-order valence-corrected chi connectivity index (χ2v) is 7.51. The Hall–Kier alpha value is -3.48. The third-order valence-electron chi connectivity index (χ3n) is 5.62. The number of fused-ring (bicyclic) bond motifs is 1. The summed E-state index contributed by atoms with van der Waals surface area (Å²) in [6.45, 7) is 2.59. The Morgan fingerprint density at radius 2 is 1.90 bits per heavy atom. The molecule has 4 rings (SSSR count). The molecule has 1 fully saturated rings. The molecule has 7 nitrogen and oxygen atoms in total. The number of nitrogens with zero attached hydrogens (tertiary/aromatic N) is 1. The number of para-hydroxylation sites is 1. The van der Waals surface area contributed by atoms with Gasteiger partial charge in [-0.25, -0.2) is 0 Å². The molecule has 31 heavy (non-hydrogen) atoms. The van der Waals surface area contributed by atoms with Gasteiger partial charge in [0.15, 0.2) is 11.5 Å². The van der Waals surface area contributed by atoms with E-state index in [4.69, 9.17) is 14.2 Å². The summed E-state index contributed by atoms with van der Waals surface area (Å²) in [4.78, 5) is 27.6. The predicted octanol–water partition coefficient (Wildman–Crippen LogP) is 4.04. The number of ether oxygens (including phenoxy) is 3. The number of carbonyl (C=O) groups excluding carboxylic acids is 2. The highest BCUT2D eigenvalue weighted by molar-refractivity contribution is 6.46. The first kappa shape index (κ1) is 20.8. The fourth-order valence-corrected chi connectivity index (χ4v) is 4.06. The highest BCUT2D eigenvalue weighted by Gasteiger charge is 2.46. The number of carbonyl (C=O) groups is 2. The minimum Gasteiger partial charge on any atom is -0.507 e. The van der Waals surface area contributed by atoms with Gasteiger partial charge in [-0.1, -0.05) is 38.0 Å². The number of hydrogen-bond acceptors (Lipinski definition) is 6. The highest BCUT2D eigenvalue weighted by Crippen LogP contribution is 2.43. The molecule has 0 bridgehead atoms. The molecule has 2 aromatic carbocycles. The molecule has 7 heteroatoms. The Balaban J connectivity index is 1.84. The Morgan fingerprint density at radius 1 is 1.13 bits per heavy atom. The van der Waals surface area contributed by atoms with Gasteiger partial charge in [-0.05, 0) is 30.7 Å². The van der Waals surface area contributed by atoms with Crippen LogP contribution in [-0.4, -0.2) is 42.1 Å². The first-order chi connectivity index (χ1) is 15.1. The quantitative estimate of drug-likeness (QED) is 0.313. The maximum atomic E-state index is 13.1. The molecular weight excluding hydrogens is 398 g/mol. The number of Topliss-reactive ketones (excluding diaryl/α,β-unsaturated/α-hetero) is 1. The molecule has 2 aliphatic rings. The fraction of sp³-hybridized carbons (Fsp3) is 0.333. The van der Waals surface area contributed by atoms with E-state index in [2.05, 4.69) is 6.92 Å². The molecule has 162 valence electrons. The normalized spacial score (nSPS) is 19.2. The Labute approximate surface area is 180 Å². The summed E-state index contributed by atoms with van der Waals surface area (Å²) in [5, 5.41) is 11.2. The number of aliphatic hydroxyl groups is 1. The largest absolute Gasteiger partial charge is 0.507 e. The van der Waals surface area contributed by atoms with Gasteiger partial charge >= 0.3 is 0 Å². The van der Waals surface area contributed by atoms with Crippen molar-refractivity contribution in [1.82, 2.24) is 4.90 Å². The predicted molar refractivity (Wildman–Crippen MR) is 114 cm³/mol. The molecule has 2 heterocycles.